The Balaban J connectivity index is 1.40. The van der Waals surface area contributed by atoms with Crippen LogP contribution >= 0.6 is 11.6 Å². The molecule has 0 unspecified atom stereocenters. The Kier molecular flexibility index (Phi) is 7.26. The van der Waals surface area contributed by atoms with Crippen LogP contribution in [0.2, 0.25) is 5.02 Å². The Labute approximate surface area is 219 Å². The van der Waals surface area contributed by atoms with Crippen molar-refractivity contribution < 1.29 is 9.84 Å². The van der Waals surface area contributed by atoms with Gasteiger partial charge in [-0.05, 0) is 25.0 Å². The van der Waals surface area contributed by atoms with Gasteiger partial charge in [0.15, 0.2) is 17.2 Å². The third-order valence-electron chi connectivity index (χ3n) is 6.36. The lowest BCUT2D eigenvalue weighted by Gasteiger charge is -2.37. The monoisotopic (exact) mass is 522 g/mol. The maximum atomic E-state index is 10.0. The minimum absolute atomic E-state index is 0.227. The summed E-state index contributed by atoms with van der Waals surface area (Å²) >= 11 is 6.85. The highest BCUT2D eigenvalue weighted by Gasteiger charge is 2.25. The average molecular weight is 523 g/mol. The predicted molar refractivity (Wildman–Crippen MR) is 138 cm³/mol. The predicted octanol–water partition coefficient (Wildman–Crippen LogP) is 1.97. The number of nitriles is 2. The minimum atomic E-state index is -0.536. The molecular weight excluding hydrogens is 496 g/mol. The molecule has 12 nitrogen and oxygen atoms in total. The van der Waals surface area contributed by atoms with Crippen molar-refractivity contribution in [1.29, 1.82) is 10.5 Å². The van der Waals surface area contributed by atoms with Gasteiger partial charge in [-0.15, -0.1) is 5.10 Å². The molecule has 0 spiro atoms. The average Bonchev–Trinajstić information content (AvgIpc) is 3.61. The largest absolute Gasteiger partial charge is 0.389 e. The van der Waals surface area contributed by atoms with E-state index < -0.39 is 6.10 Å². The van der Waals surface area contributed by atoms with Gasteiger partial charge in [0.05, 0.1) is 46.9 Å². The Hall–Kier alpha value is -3.68. The first-order valence-corrected chi connectivity index (χ1v) is 12.4. The van der Waals surface area contributed by atoms with Crippen LogP contribution in [0, 0.1) is 22.7 Å². The molecule has 0 radical (unpaired) electrons. The van der Waals surface area contributed by atoms with E-state index in [2.05, 4.69) is 47.6 Å². The number of rotatable bonds is 9. The van der Waals surface area contributed by atoms with E-state index in [-0.39, 0.29) is 11.6 Å². The van der Waals surface area contributed by atoms with Gasteiger partial charge >= 0.3 is 0 Å². The number of imidazole rings is 1. The van der Waals surface area contributed by atoms with Gasteiger partial charge in [0, 0.05) is 45.9 Å². The number of aromatic nitrogens is 4. The number of nitrogens with one attached hydrogen (secondary N) is 2. The number of β-amino-alcohol motifs (C(OH)–C–C–N with tert-alkyl or cyclic N) is 1. The van der Waals surface area contributed by atoms with Crippen LogP contribution < -0.4 is 15.5 Å². The van der Waals surface area contributed by atoms with Crippen LogP contribution in [0.3, 0.4) is 0 Å². The second kappa shape index (κ2) is 10.7. The number of hydrogen-bond donors (Lipinski definition) is 3. The quantitative estimate of drug-likeness (QED) is 0.378. The standard InChI is InChI=1S/C24H27ClN10O2/c1-37-14-18(36)13-33-4-6-34(7-5-33)20-9-15(10-26)8-19(21(20)25)30-24-31-22(29-16-2-3-16)23-28-12-17(11-27)35(23)32-24/h8-9,12,16,18,36H,2-7,13-14H2,1H3,(H2,29,30,31,32)/t18-/m0/s1. The lowest BCUT2D eigenvalue weighted by atomic mass is 10.1. The van der Waals surface area contributed by atoms with Crippen molar-refractivity contribution in [2.45, 2.75) is 25.0 Å². The highest BCUT2D eigenvalue weighted by atomic mass is 35.5. The summed E-state index contributed by atoms with van der Waals surface area (Å²) in [5.41, 5.74) is 2.42. The van der Waals surface area contributed by atoms with Gasteiger partial charge in [-0.1, -0.05) is 11.6 Å². The van der Waals surface area contributed by atoms with Crippen LogP contribution in [-0.2, 0) is 4.74 Å². The van der Waals surface area contributed by atoms with Gasteiger partial charge in [-0.2, -0.15) is 20.0 Å². The van der Waals surface area contributed by atoms with E-state index >= 15 is 0 Å². The van der Waals surface area contributed by atoms with Crippen LogP contribution in [0.25, 0.3) is 5.65 Å². The molecule has 3 heterocycles. The van der Waals surface area contributed by atoms with Crippen molar-refractivity contribution in [3.8, 4) is 12.1 Å². The molecule has 1 aromatic carbocycles. The van der Waals surface area contributed by atoms with E-state index in [1.165, 1.54) is 10.7 Å². The Bertz CT molecular complexity index is 1370. The number of nitrogens with zero attached hydrogens (tertiary/aromatic N) is 8. The Morgan fingerprint density at radius 1 is 1.22 bits per heavy atom. The first kappa shape index (κ1) is 25.0. The van der Waals surface area contributed by atoms with E-state index in [0.717, 1.165) is 31.6 Å². The number of fused-ring (bicyclic) bond motifs is 1. The number of aliphatic hydroxyl groups is 1. The summed E-state index contributed by atoms with van der Waals surface area (Å²) in [6.45, 7) is 3.69. The smallest absolute Gasteiger partial charge is 0.247 e. The van der Waals surface area contributed by atoms with Crippen molar-refractivity contribution in [3.05, 3.63) is 34.6 Å². The number of anilines is 4. The van der Waals surface area contributed by atoms with Crippen LogP contribution in [0.4, 0.5) is 23.1 Å². The van der Waals surface area contributed by atoms with Crippen LogP contribution in [0.1, 0.15) is 24.1 Å². The number of piperazine rings is 1. The van der Waals surface area contributed by atoms with Gasteiger partial charge in [0.2, 0.25) is 5.95 Å². The maximum Gasteiger partial charge on any atom is 0.247 e. The summed E-state index contributed by atoms with van der Waals surface area (Å²) < 4.78 is 6.47. The number of hydrogen-bond acceptors (Lipinski definition) is 11. The van der Waals surface area contributed by atoms with Crippen LogP contribution in [-0.4, -0.2) is 88.2 Å². The van der Waals surface area contributed by atoms with Crippen molar-refractivity contribution in [2.75, 3.05) is 62.0 Å². The summed E-state index contributed by atoms with van der Waals surface area (Å²) in [4.78, 5) is 13.2. The fourth-order valence-electron chi connectivity index (χ4n) is 4.36. The van der Waals surface area contributed by atoms with Gasteiger partial charge < -0.3 is 25.4 Å². The molecule has 1 atom stereocenters. The fourth-order valence-corrected chi connectivity index (χ4v) is 4.63. The second-order valence-corrected chi connectivity index (χ2v) is 9.56. The molecule has 2 aromatic heterocycles. The molecule has 2 aliphatic rings. The summed E-state index contributed by atoms with van der Waals surface area (Å²) in [5.74, 6) is 0.756. The molecule has 13 heteroatoms. The van der Waals surface area contributed by atoms with E-state index in [9.17, 15) is 15.6 Å². The van der Waals surface area contributed by atoms with Gasteiger partial charge in [-0.3, -0.25) is 4.90 Å². The Morgan fingerprint density at radius 2 is 2.00 bits per heavy atom. The zero-order chi connectivity index (χ0) is 25.9. The molecule has 1 aliphatic carbocycles. The lowest BCUT2D eigenvalue weighted by molar-refractivity contribution is 0.0365. The number of benzene rings is 1. The third kappa shape index (κ3) is 5.53. The number of ether oxygens (including phenoxy) is 1. The summed E-state index contributed by atoms with van der Waals surface area (Å²) in [6.07, 6.45) is 3.01. The third-order valence-corrected chi connectivity index (χ3v) is 6.76. The molecule has 2 fully saturated rings. The van der Waals surface area contributed by atoms with Crippen molar-refractivity contribution in [3.63, 3.8) is 0 Å². The minimum Gasteiger partial charge on any atom is -0.389 e. The number of aliphatic hydroxyl groups excluding tert-OH is 1. The molecule has 0 amide bonds. The number of halogens is 1. The topological polar surface area (TPSA) is 151 Å². The van der Waals surface area contributed by atoms with Crippen molar-refractivity contribution >= 4 is 40.4 Å². The lowest BCUT2D eigenvalue weighted by Crippen LogP contribution is -2.49. The SMILES string of the molecule is COC[C@@H](O)CN1CCN(c2cc(C#N)cc(Nc3nc(NC4CC4)c4ncc(C#N)n4n3)c2Cl)CC1. The van der Waals surface area contributed by atoms with E-state index in [4.69, 9.17) is 16.3 Å². The van der Waals surface area contributed by atoms with Crippen molar-refractivity contribution in [2.24, 2.45) is 0 Å². The normalized spacial score (nSPS) is 16.8. The molecule has 3 N–H and O–H groups in total. The molecule has 5 rings (SSSR count). The van der Waals surface area contributed by atoms with E-state index in [0.29, 0.717) is 60.0 Å². The zero-order valence-corrected chi connectivity index (χ0v) is 21.1. The Morgan fingerprint density at radius 3 is 2.68 bits per heavy atom. The van der Waals surface area contributed by atoms with Crippen LogP contribution in [0.15, 0.2) is 18.3 Å². The molecule has 1 saturated carbocycles. The highest BCUT2D eigenvalue weighted by molar-refractivity contribution is 6.36. The van der Waals surface area contributed by atoms with Gasteiger partial charge in [0.25, 0.3) is 0 Å². The summed E-state index contributed by atoms with van der Waals surface area (Å²) in [7, 11) is 1.57. The molecule has 1 aliphatic heterocycles. The molecular formula is C24H27ClN10O2. The maximum absolute atomic E-state index is 10.0. The van der Waals surface area contributed by atoms with Gasteiger partial charge in [-0.25, -0.2) is 4.98 Å². The van der Waals surface area contributed by atoms with E-state index in [1.807, 2.05) is 0 Å². The van der Waals surface area contributed by atoms with Crippen molar-refractivity contribution in [1.82, 2.24) is 24.5 Å². The second-order valence-electron chi connectivity index (χ2n) is 9.18. The number of methoxy groups -OCH3 is 1. The molecule has 37 heavy (non-hydrogen) atoms. The first-order valence-electron chi connectivity index (χ1n) is 12.1. The zero-order valence-electron chi connectivity index (χ0n) is 20.4. The summed E-state index contributed by atoms with van der Waals surface area (Å²) in [5, 5.41) is 40.6. The van der Waals surface area contributed by atoms with Gasteiger partial charge in [0.1, 0.15) is 6.07 Å². The molecule has 1 saturated heterocycles. The molecule has 192 valence electrons. The molecule has 3 aromatic rings. The van der Waals surface area contributed by atoms with E-state index in [1.54, 1.807) is 19.2 Å². The fraction of sp³-hybridized carbons (Fsp3) is 0.458. The highest BCUT2D eigenvalue weighted by Crippen LogP contribution is 2.36. The summed E-state index contributed by atoms with van der Waals surface area (Å²) in [6, 6.07) is 8.05. The van der Waals surface area contributed by atoms with Crippen LogP contribution in [0.5, 0.6) is 0 Å². The first-order chi connectivity index (χ1) is 18.0. The molecule has 0 bridgehead atoms.